The summed E-state index contributed by atoms with van der Waals surface area (Å²) < 4.78 is 10.5. The van der Waals surface area contributed by atoms with E-state index >= 15 is 0 Å². The summed E-state index contributed by atoms with van der Waals surface area (Å²) in [7, 11) is 5.23. The lowest BCUT2D eigenvalue weighted by molar-refractivity contribution is 0.0947. The molecule has 0 unspecified atom stereocenters. The second-order valence-corrected chi connectivity index (χ2v) is 6.53. The molecule has 5 heteroatoms. The van der Waals surface area contributed by atoms with Gasteiger partial charge in [-0.1, -0.05) is 24.3 Å². The Morgan fingerprint density at radius 2 is 1.77 bits per heavy atom. The Labute approximate surface area is 155 Å². The van der Waals surface area contributed by atoms with Crippen molar-refractivity contribution in [3.05, 3.63) is 59.2 Å². The number of carbonyl (C=O) groups excluding carboxylic acids is 1. The lowest BCUT2D eigenvalue weighted by Crippen LogP contribution is -2.27. The summed E-state index contributed by atoms with van der Waals surface area (Å²) in [5.74, 6) is 0.978. The van der Waals surface area contributed by atoms with Crippen LogP contribution in [0.4, 0.5) is 0 Å². The first kappa shape index (κ1) is 19.8. The molecule has 0 atom stereocenters. The summed E-state index contributed by atoms with van der Waals surface area (Å²) in [6.45, 7) is 5.65. The zero-order valence-electron chi connectivity index (χ0n) is 16.2. The SMILES string of the molecule is COc1ccc(C(=O)NCc2ccccc2CN(C)C(C)C)c(OC)c1. The average Bonchev–Trinajstić information content (AvgIpc) is 2.66. The van der Waals surface area contributed by atoms with Crippen molar-refractivity contribution in [1.82, 2.24) is 10.2 Å². The van der Waals surface area contributed by atoms with Gasteiger partial charge in [0.1, 0.15) is 11.5 Å². The van der Waals surface area contributed by atoms with Crippen molar-refractivity contribution in [3.63, 3.8) is 0 Å². The first-order valence-electron chi connectivity index (χ1n) is 8.73. The number of carbonyl (C=O) groups is 1. The Bertz CT molecular complexity index is 744. The summed E-state index contributed by atoms with van der Waals surface area (Å²) in [5, 5.41) is 2.99. The van der Waals surface area contributed by atoms with Gasteiger partial charge in [-0.05, 0) is 44.2 Å². The lowest BCUT2D eigenvalue weighted by atomic mass is 10.1. The van der Waals surface area contributed by atoms with Crippen LogP contribution in [0.5, 0.6) is 11.5 Å². The van der Waals surface area contributed by atoms with Crippen LogP contribution in [0.15, 0.2) is 42.5 Å². The highest BCUT2D eigenvalue weighted by molar-refractivity contribution is 5.97. The van der Waals surface area contributed by atoms with Gasteiger partial charge in [-0.25, -0.2) is 0 Å². The largest absolute Gasteiger partial charge is 0.497 e. The molecule has 0 fully saturated rings. The van der Waals surface area contributed by atoms with E-state index in [9.17, 15) is 4.79 Å². The van der Waals surface area contributed by atoms with Gasteiger partial charge >= 0.3 is 0 Å². The molecule has 0 spiro atoms. The zero-order chi connectivity index (χ0) is 19.1. The number of nitrogens with zero attached hydrogens (tertiary/aromatic N) is 1. The van der Waals surface area contributed by atoms with E-state index < -0.39 is 0 Å². The molecular formula is C21H28N2O3. The van der Waals surface area contributed by atoms with Crippen molar-refractivity contribution in [2.24, 2.45) is 0 Å². The number of hydrogen-bond donors (Lipinski definition) is 1. The number of rotatable bonds is 8. The molecule has 0 bridgehead atoms. The molecule has 0 saturated heterocycles. The van der Waals surface area contributed by atoms with Crippen LogP contribution >= 0.6 is 0 Å². The Morgan fingerprint density at radius 3 is 2.38 bits per heavy atom. The van der Waals surface area contributed by atoms with E-state index in [0.717, 1.165) is 12.1 Å². The molecule has 1 N–H and O–H groups in total. The van der Waals surface area contributed by atoms with Gasteiger partial charge in [0, 0.05) is 25.2 Å². The Hall–Kier alpha value is -2.53. The molecule has 0 aliphatic carbocycles. The van der Waals surface area contributed by atoms with Gasteiger partial charge in [0.05, 0.1) is 19.8 Å². The smallest absolute Gasteiger partial charge is 0.255 e. The number of ether oxygens (including phenoxy) is 2. The molecule has 0 heterocycles. The Balaban J connectivity index is 2.11. The zero-order valence-corrected chi connectivity index (χ0v) is 16.2. The maximum absolute atomic E-state index is 12.6. The maximum Gasteiger partial charge on any atom is 0.255 e. The van der Waals surface area contributed by atoms with Crippen LogP contribution in [0.3, 0.4) is 0 Å². The van der Waals surface area contributed by atoms with Gasteiger partial charge in [-0.15, -0.1) is 0 Å². The summed E-state index contributed by atoms with van der Waals surface area (Å²) in [5.41, 5.74) is 2.82. The molecular weight excluding hydrogens is 328 g/mol. The number of hydrogen-bond acceptors (Lipinski definition) is 4. The molecule has 0 saturated carbocycles. The first-order chi connectivity index (χ1) is 12.5. The van der Waals surface area contributed by atoms with E-state index in [1.165, 1.54) is 5.56 Å². The maximum atomic E-state index is 12.6. The number of methoxy groups -OCH3 is 2. The normalized spacial score (nSPS) is 10.9. The number of nitrogens with one attached hydrogen (secondary N) is 1. The minimum absolute atomic E-state index is 0.170. The minimum Gasteiger partial charge on any atom is -0.497 e. The van der Waals surface area contributed by atoms with Crippen LogP contribution in [0.25, 0.3) is 0 Å². The molecule has 0 aliphatic rings. The van der Waals surface area contributed by atoms with Gasteiger partial charge in [0.15, 0.2) is 0 Å². The fraction of sp³-hybridized carbons (Fsp3) is 0.381. The van der Waals surface area contributed by atoms with E-state index in [1.54, 1.807) is 32.4 Å². The topological polar surface area (TPSA) is 50.8 Å². The molecule has 0 aliphatic heterocycles. The fourth-order valence-electron chi connectivity index (χ4n) is 2.59. The van der Waals surface area contributed by atoms with E-state index in [4.69, 9.17) is 9.47 Å². The highest BCUT2D eigenvalue weighted by Crippen LogP contribution is 2.24. The molecule has 0 aromatic heterocycles. The number of amides is 1. The summed E-state index contributed by atoms with van der Waals surface area (Å²) in [4.78, 5) is 14.9. The van der Waals surface area contributed by atoms with Crippen molar-refractivity contribution in [3.8, 4) is 11.5 Å². The lowest BCUT2D eigenvalue weighted by Gasteiger charge is -2.22. The van der Waals surface area contributed by atoms with Gasteiger partial charge in [-0.2, -0.15) is 0 Å². The van der Waals surface area contributed by atoms with Gasteiger partial charge < -0.3 is 14.8 Å². The van der Waals surface area contributed by atoms with Crippen molar-refractivity contribution < 1.29 is 14.3 Å². The quantitative estimate of drug-likeness (QED) is 0.787. The van der Waals surface area contributed by atoms with E-state index in [0.29, 0.717) is 29.6 Å². The summed E-state index contributed by atoms with van der Waals surface area (Å²) in [6, 6.07) is 13.8. The van der Waals surface area contributed by atoms with Crippen molar-refractivity contribution in [2.45, 2.75) is 33.0 Å². The standard InChI is InChI=1S/C21H28N2O3/c1-15(2)23(3)14-17-9-7-6-8-16(17)13-22-21(24)19-11-10-18(25-4)12-20(19)26-5/h6-12,15H,13-14H2,1-5H3,(H,22,24). The molecule has 2 aromatic carbocycles. The van der Waals surface area contributed by atoms with E-state index in [2.05, 4.69) is 43.2 Å². The minimum atomic E-state index is -0.170. The van der Waals surface area contributed by atoms with E-state index in [-0.39, 0.29) is 5.91 Å². The summed E-state index contributed by atoms with van der Waals surface area (Å²) in [6.07, 6.45) is 0. The van der Waals surface area contributed by atoms with Crippen molar-refractivity contribution in [1.29, 1.82) is 0 Å². The molecule has 2 rings (SSSR count). The second-order valence-electron chi connectivity index (χ2n) is 6.53. The first-order valence-corrected chi connectivity index (χ1v) is 8.73. The van der Waals surface area contributed by atoms with Crippen LogP contribution in [0, 0.1) is 0 Å². The van der Waals surface area contributed by atoms with Crippen LogP contribution in [0.1, 0.15) is 35.3 Å². The number of benzene rings is 2. The molecule has 2 aromatic rings. The molecule has 5 nitrogen and oxygen atoms in total. The second kappa shape index (κ2) is 9.25. The predicted molar refractivity (Wildman–Crippen MR) is 104 cm³/mol. The average molecular weight is 356 g/mol. The predicted octanol–water partition coefficient (Wildman–Crippen LogP) is 3.47. The van der Waals surface area contributed by atoms with Gasteiger partial charge in [0.2, 0.25) is 0 Å². The third-order valence-electron chi connectivity index (χ3n) is 4.51. The Morgan fingerprint density at radius 1 is 1.08 bits per heavy atom. The van der Waals surface area contributed by atoms with Crippen LogP contribution in [0.2, 0.25) is 0 Å². The third kappa shape index (κ3) is 4.99. The van der Waals surface area contributed by atoms with Gasteiger partial charge in [0.25, 0.3) is 5.91 Å². The van der Waals surface area contributed by atoms with E-state index in [1.807, 2.05) is 12.1 Å². The Kier molecular flexibility index (Phi) is 7.04. The fourth-order valence-corrected chi connectivity index (χ4v) is 2.59. The highest BCUT2D eigenvalue weighted by Gasteiger charge is 2.14. The highest BCUT2D eigenvalue weighted by atomic mass is 16.5. The molecule has 26 heavy (non-hydrogen) atoms. The van der Waals surface area contributed by atoms with Crippen molar-refractivity contribution >= 4 is 5.91 Å². The molecule has 1 amide bonds. The monoisotopic (exact) mass is 356 g/mol. The van der Waals surface area contributed by atoms with Gasteiger partial charge in [-0.3, -0.25) is 9.69 Å². The van der Waals surface area contributed by atoms with Crippen LogP contribution in [-0.2, 0) is 13.1 Å². The van der Waals surface area contributed by atoms with Crippen molar-refractivity contribution in [2.75, 3.05) is 21.3 Å². The van der Waals surface area contributed by atoms with Crippen LogP contribution in [-0.4, -0.2) is 38.1 Å². The third-order valence-corrected chi connectivity index (χ3v) is 4.51. The molecule has 140 valence electrons. The molecule has 0 radical (unpaired) electrons. The van der Waals surface area contributed by atoms with Crippen LogP contribution < -0.4 is 14.8 Å². The summed E-state index contributed by atoms with van der Waals surface area (Å²) >= 11 is 0.